The summed E-state index contributed by atoms with van der Waals surface area (Å²) in [5.74, 6) is -1.90. The zero-order valence-corrected chi connectivity index (χ0v) is 41.9. The zero-order chi connectivity index (χ0) is 51.2. The van der Waals surface area contributed by atoms with Gasteiger partial charge in [-0.25, -0.2) is 4.79 Å². The molecule has 3 heterocycles. The summed E-state index contributed by atoms with van der Waals surface area (Å²) >= 11 is 1.34. The van der Waals surface area contributed by atoms with Crippen molar-refractivity contribution in [3.8, 4) is 0 Å². The van der Waals surface area contributed by atoms with Crippen LogP contribution in [0.5, 0.6) is 0 Å². The van der Waals surface area contributed by atoms with Crippen molar-refractivity contribution >= 4 is 35.5 Å². The lowest BCUT2D eigenvalue weighted by Crippen LogP contribution is -2.66. The summed E-state index contributed by atoms with van der Waals surface area (Å²) in [5.41, 5.74) is 3.33. The lowest BCUT2D eigenvalue weighted by Gasteiger charge is -2.49. The van der Waals surface area contributed by atoms with Crippen molar-refractivity contribution in [2.24, 2.45) is 0 Å². The van der Waals surface area contributed by atoms with Gasteiger partial charge in [0, 0.05) is 6.92 Å². The van der Waals surface area contributed by atoms with Crippen LogP contribution in [0.25, 0.3) is 0 Å². The lowest BCUT2D eigenvalue weighted by atomic mass is 9.95. The Kier molecular flexibility index (Phi) is 18.1. The van der Waals surface area contributed by atoms with Crippen LogP contribution in [0.1, 0.15) is 67.2 Å². The molecule has 74 heavy (non-hydrogen) atoms. The number of imide groups is 1. The number of hydrogen-bond acceptors (Lipinski definition) is 14. The highest BCUT2D eigenvalue weighted by molar-refractivity contribution is 7.99. The molecule has 3 aliphatic heterocycles. The highest BCUT2D eigenvalue weighted by atomic mass is 32.2. The van der Waals surface area contributed by atoms with Crippen LogP contribution in [0.3, 0.4) is 0 Å². The molecule has 0 saturated carbocycles. The molecule has 0 unspecified atom stereocenters. The molecule has 2 fully saturated rings. The topological polar surface area (TPSA) is 155 Å². The van der Waals surface area contributed by atoms with Gasteiger partial charge in [0.25, 0.3) is 11.8 Å². The molecular weight excluding hydrogens is 963 g/mol. The Morgan fingerprint density at radius 3 is 1.45 bits per heavy atom. The molecule has 0 spiro atoms. The molecule has 6 aromatic carbocycles. The standard InChI is InChI=1S/C59H59NO13S/c1-3-74-59-49(60-55(62)45-31-19-20-32-46(45)56(60)63)52(70-39(2)61)50(66-34-41-23-11-5-12-24-41)48(72-59)38-69-58-54(73-57(64)44-29-17-8-18-30-44)53(68-36-43-27-15-7-16-28-43)51(67-35-42-25-13-6-14-26-42)47(71-58)37-65-33-40-21-9-4-10-22-40/h4-32,47-54,58-59H,3,33-38H2,1-2H3/t47-,48-,49-,50-,51+,52-,53+,54-,58-,59+/m1/s1. The number of amides is 2. The van der Waals surface area contributed by atoms with E-state index in [0.29, 0.717) is 5.75 Å². The molecule has 10 atom stereocenters. The van der Waals surface area contributed by atoms with Crippen molar-refractivity contribution in [1.29, 1.82) is 0 Å². The summed E-state index contributed by atoms with van der Waals surface area (Å²) in [7, 11) is 0. The fraction of sp³-hybridized carbons (Fsp3) is 0.322. The van der Waals surface area contributed by atoms with Crippen molar-refractivity contribution in [1.82, 2.24) is 4.90 Å². The SMILES string of the molecule is CCS[C@@H]1O[C@H](CO[C@@H]2O[C@H](COCc3ccccc3)[C@H](OCc3ccccc3)[C@H](OCc3ccccc3)[C@H]2OC(=O)c2ccccc2)[C@@H](OCc2ccccc2)[C@H](OC(C)=O)[C@H]1N1C(=O)c2ccccc2C1=O. The monoisotopic (exact) mass is 1020 g/mol. The minimum atomic E-state index is -1.35. The number of hydrogen-bond donors (Lipinski definition) is 0. The van der Waals surface area contributed by atoms with E-state index in [2.05, 4.69) is 0 Å². The van der Waals surface area contributed by atoms with Crippen LogP contribution in [0.4, 0.5) is 0 Å². The summed E-state index contributed by atoms with van der Waals surface area (Å²) in [6.07, 6.45) is -8.75. The summed E-state index contributed by atoms with van der Waals surface area (Å²) < 4.78 is 60.2. The number of ether oxygens (including phenoxy) is 9. The number of carbonyl (C=O) groups is 4. The van der Waals surface area contributed by atoms with Crippen LogP contribution in [-0.2, 0) is 73.9 Å². The van der Waals surface area contributed by atoms with E-state index in [1.807, 2.05) is 128 Å². The van der Waals surface area contributed by atoms with E-state index in [4.69, 9.17) is 42.6 Å². The van der Waals surface area contributed by atoms with E-state index in [0.717, 1.165) is 27.2 Å². The second-order valence-corrected chi connectivity index (χ2v) is 19.4. The van der Waals surface area contributed by atoms with E-state index < -0.39 is 84.2 Å². The predicted molar refractivity (Wildman–Crippen MR) is 274 cm³/mol. The minimum Gasteiger partial charge on any atom is -0.457 e. The molecule has 0 aliphatic carbocycles. The molecule has 0 N–H and O–H groups in total. The smallest absolute Gasteiger partial charge is 0.338 e. The van der Waals surface area contributed by atoms with E-state index in [-0.39, 0.29) is 56.3 Å². The van der Waals surface area contributed by atoms with Gasteiger partial charge in [0.05, 0.1) is 56.3 Å². The predicted octanol–water partition coefficient (Wildman–Crippen LogP) is 9.00. The summed E-state index contributed by atoms with van der Waals surface area (Å²) in [4.78, 5) is 57.2. The summed E-state index contributed by atoms with van der Waals surface area (Å²) in [6.45, 7) is 3.51. The third-order valence-corrected chi connectivity index (χ3v) is 13.9. The molecule has 15 heteroatoms. The number of carbonyl (C=O) groups excluding carboxylic acids is 4. The number of nitrogens with zero attached hydrogens (tertiary/aromatic N) is 1. The fourth-order valence-corrected chi connectivity index (χ4v) is 10.4. The normalized spacial score (nSPS) is 24.5. The Balaban J connectivity index is 1.09. The van der Waals surface area contributed by atoms with Crippen LogP contribution in [-0.4, -0.2) is 108 Å². The van der Waals surface area contributed by atoms with Gasteiger partial charge < -0.3 is 42.6 Å². The molecule has 2 saturated heterocycles. The first kappa shape index (κ1) is 52.3. The van der Waals surface area contributed by atoms with Gasteiger partial charge in [-0.3, -0.25) is 19.3 Å². The largest absolute Gasteiger partial charge is 0.457 e. The molecule has 0 aromatic heterocycles. The van der Waals surface area contributed by atoms with Gasteiger partial charge in [0.15, 0.2) is 18.5 Å². The van der Waals surface area contributed by atoms with Gasteiger partial charge in [0.2, 0.25) is 0 Å². The molecule has 9 rings (SSSR count). The number of rotatable bonds is 22. The maximum Gasteiger partial charge on any atom is 0.338 e. The van der Waals surface area contributed by atoms with Gasteiger partial charge in [0.1, 0.15) is 42.0 Å². The van der Waals surface area contributed by atoms with Crippen molar-refractivity contribution in [2.75, 3.05) is 19.0 Å². The quantitative estimate of drug-likeness (QED) is 0.0469. The van der Waals surface area contributed by atoms with E-state index in [1.165, 1.54) is 18.7 Å². The van der Waals surface area contributed by atoms with Crippen LogP contribution in [0, 0.1) is 0 Å². The molecule has 6 aromatic rings. The van der Waals surface area contributed by atoms with Crippen molar-refractivity contribution in [3.05, 3.63) is 215 Å². The number of fused-ring (bicyclic) bond motifs is 1. The average molecular weight is 1020 g/mol. The highest BCUT2D eigenvalue weighted by Crippen LogP contribution is 2.40. The number of esters is 2. The molecule has 0 radical (unpaired) electrons. The Hall–Kier alpha value is -6.53. The number of thioether (sulfide) groups is 1. The first-order valence-corrected chi connectivity index (χ1v) is 25.8. The fourth-order valence-electron chi connectivity index (χ4n) is 9.39. The van der Waals surface area contributed by atoms with Gasteiger partial charge in [-0.05, 0) is 52.3 Å². The van der Waals surface area contributed by atoms with Gasteiger partial charge in [-0.1, -0.05) is 159 Å². The summed E-state index contributed by atoms with van der Waals surface area (Å²) in [5, 5.41) is 0. The second kappa shape index (κ2) is 25.6. The Bertz CT molecular complexity index is 2720. The Labute approximate surface area is 435 Å². The van der Waals surface area contributed by atoms with Gasteiger partial charge in [-0.2, -0.15) is 0 Å². The third-order valence-electron chi connectivity index (χ3n) is 12.9. The molecule has 0 bridgehead atoms. The highest BCUT2D eigenvalue weighted by Gasteiger charge is 2.57. The molecule has 14 nitrogen and oxygen atoms in total. The minimum absolute atomic E-state index is 0.0210. The van der Waals surface area contributed by atoms with Crippen LogP contribution in [0.2, 0.25) is 0 Å². The Morgan fingerprint density at radius 1 is 0.500 bits per heavy atom. The van der Waals surface area contributed by atoms with Crippen LogP contribution >= 0.6 is 11.8 Å². The van der Waals surface area contributed by atoms with Crippen LogP contribution < -0.4 is 0 Å². The zero-order valence-electron chi connectivity index (χ0n) is 41.1. The maximum atomic E-state index is 14.3. The molecule has 384 valence electrons. The van der Waals surface area contributed by atoms with Crippen molar-refractivity contribution in [3.63, 3.8) is 0 Å². The van der Waals surface area contributed by atoms with Crippen molar-refractivity contribution in [2.45, 2.75) is 101 Å². The number of benzene rings is 6. The molecule has 3 aliphatic rings. The summed E-state index contributed by atoms with van der Waals surface area (Å²) in [6, 6.07) is 52.5. The first-order valence-electron chi connectivity index (χ1n) is 24.8. The average Bonchev–Trinajstić information content (AvgIpc) is 3.68. The maximum absolute atomic E-state index is 14.3. The second-order valence-electron chi connectivity index (χ2n) is 18.0. The molecular formula is C59H59NO13S. The lowest BCUT2D eigenvalue weighted by molar-refractivity contribution is -0.325. The van der Waals surface area contributed by atoms with Crippen molar-refractivity contribution < 1.29 is 61.8 Å². The van der Waals surface area contributed by atoms with E-state index in [1.54, 1.807) is 54.6 Å². The first-order chi connectivity index (χ1) is 36.2. The molecule has 2 amide bonds. The van der Waals surface area contributed by atoms with E-state index in [9.17, 15) is 19.2 Å². The van der Waals surface area contributed by atoms with E-state index >= 15 is 0 Å². The van der Waals surface area contributed by atoms with Gasteiger partial charge in [-0.15, -0.1) is 11.8 Å². The van der Waals surface area contributed by atoms with Crippen LogP contribution in [0.15, 0.2) is 176 Å². The third kappa shape index (κ3) is 12.9. The Morgan fingerprint density at radius 2 is 0.946 bits per heavy atom. The van der Waals surface area contributed by atoms with Gasteiger partial charge >= 0.3 is 11.9 Å².